The van der Waals surface area contributed by atoms with Crippen LogP contribution < -0.4 is 0 Å². The molecule has 1 rings (SSSR count). The summed E-state index contributed by atoms with van der Waals surface area (Å²) < 4.78 is 4.78. The summed E-state index contributed by atoms with van der Waals surface area (Å²) in [5, 5.41) is 5.51. The van der Waals surface area contributed by atoms with Crippen LogP contribution in [-0.2, 0) is 0 Å². The predicted octanol–water partition coefficient (Wildman–Crippen LogP) is 8.45. The van der Waals surface area contributed by atoms with E-state index in [9.17, 15) is 0 Å². The zero-order chi connectivity index (χ0) is 22.0. The molecular weight excluding hydrogens is 449 g/mol. The van der Waals surface area contributed by atoms with E-state index in [1.807, 2.05) is 10.4 Å². The normalized spacial score (nSPS) is 20.0. The van der Waals surface area contributed by atoms with Crippen LogP contribution in [0.2, 0.25) is 88.1 Å². The molecule has 0 N–H and O–H groups in total. The monoisotopic (exact) mass is 500 g/mol. The maximum atomic E-state index is 2.68. The zero-order valence-electron chi connectivity index (χ0n) is 21.7. The first-order valence-electron chi connectivity index (χ1n) is 11.1. The summed E-state index contributed by atoms with van der Waals surface area (Å²) >= 11 is -2.44. The molecular formula is C22H50GeSi4. The van der Waals surface area contributed by atoms with Crippen LogP contribution in [-0.4, -0.2) is 45.6 Å². The van der Waals surface area contributed by atoms with Gasteiger partial charge in [0.2, 0.25) is 0 Å². The topological polar surface area (TPSA) is 0 Å². The van der Waals surface area contributed by atoms with Gasteiger partial charge in [-0.05, 0) is 0 Å². The molecule has 0 aliphatic carbocycles. The van der Waals surface area contributed by atoms with E-state index in [1.54, 1.807) is 0 Å². The van der Waals surface area contributed by atoms with E-state index < -0.39 is 45.6 Å². The average molecular weight is 500 g/mol. The van der Waals surface area contributed by atoms with Crippen LogP contribution in [0.25, 0.3) is 0 Å². The Morgan fingerprint density at radius 2 is 0.815 bits per heavy atom. The van der Waals surface area contributed by atoms with Crippen molar-refractivity contribution in [1.82, 2.24) is 0 Å². The van der Waals surface area contributed by atoms with Crippen molar-refractivity contribution in [2.75, 3.05) is 0 Å². The van der Waals surface area contributed by atoms with Gasteiger partial charge in [0.25, 0.3) is 0 Å². The summed E-state index contributed by atoms with van der Waals surface area (Å²) in [6, 6.07) is 0. The molecule has 0 nitrogen and oxygen atoms in total. The summed E-state index contributed by atoms with van der Waals surface area (Å²) in [5.41, 5.74) is 0. The molecule has 0 spiro atoms. The Morgan fingerprint density at radius 1 is 0.556 bits per heavy atom. The van der Waals surface area contributed by atoms with Crippen molar-refractivity contribution < 1.29 is 0 Å². The number of rotatable bonds is 5. The van der Waals surface area contributed by atoms with Crippen LogP contribution in [0.3, 0.4) is 0 Å². The Morgan fingerprint density at radius 3 is 0.926 bits per heavy atom. The zero-order valence-corrected chi connectivity index (χ0v) is 27.8. The van der Waals surface area contributed by atoms with Gasteiger partial charge < -0.3 is 0 Å². The first kappa shape index (κ1) is 25.9. The molecule has 0 fully saturated rings. The second-order valence-corrected chi connectivity index (χ2v) is 46.6. The second-order valence-electron chi connectivity index (χ2n) is 14.0. The molecule has 0 unspecified atom stereocenters. The fraction of sp³-hybridized carbons (Fsp3) is 0.818. The Balaban J connectivity index is 4.44. The van der Waals surface area contributed by atoms with Crippen LogP contribution in [0.4, 0.5) is 0 Å². The van der Waals surface area contributed by atoms with Crippen LogP contribution >= 0.6 is 0 Å². The fourth-order valence-corrected chi connectivity index (χ4v) is 61.5. The summed E-state index contributed by atoms with van der Waals surface area (Å²) in [6.45, 7) is 42.5. The van der Waals surface area contributed by atoms with Crippen molar-refractivity contribution in [2.24, 2.45) is 0 Å². The Bertz CT molecular complexity index is 603. The van der Waals surface area contributed by atoms with Crippen LogP contribution in [0.5, 0.6) is 0 Å². The molecule has 0 aromatic carbocycles. The molecule has 0 amide bonds. The van der Waals surface area contributed by atoms with Gasteiger partial charge in [0.05, 0.1) is 0 Å². The summed E-state index contributed by atoms with van der Waals surface area (Å²) in [5.74, 6) is 0. The molecule has 0 bridgehead atoms. The van der Waals surface area contributed by atoms with Crippen molar-refractivity contribution in [3.05, 3.63) is 18.5 Å². The van der Waals surface area contributed by atoms with E-state index in [4.69, 9.17) is 0 Å². The van der Waals surface area contributed by atoms with Gasteiger partial charge >= 0.3 is 180 Å². The molecule has 1 aliphatic heterocycles. The van der Waals surface area contributed by atoms with Crippen LogP contribution in [0.1, 0.15) is 27.7 Å². The van der Waals surface area contributed by atoms with E-state index in [-0.39, 0.29) is 0 Å². The van der Waals surface area contributed by atoms with Crippen molar-refractivity contribution in [1.29, 1.82) is 0 Å². The van der Waals surface area contributed by atoms with Crippen molar-refractivity contribution in [2.45, 2.75) is 116 Å². The van der Waals surface area contributed by atoms with Gasteiger partial charge in [0.1, 0.15) is 0 Å². The summed E-state index contributed by atoms with van der Waals surface area (Å²) in [7, 11) is -5.64. The molecule has 0 aromatic rings. The molecule has 158 valence electrons. The Labute approximate surface area is 179 Å². The van der Waals surface area contributed by atoms with Gasteiger partial charge in [-0.25, -0.2) is 0 Å². The van der Waals surface area contributed by atoms with Gasteiger partial charge in [-0.1, -0.05) is 0 Å². The van der Waals surface area contributed by atoms with Crippen molar-refractivity contribution >= 4 is 45.6 Å². The molecule has 0 saturated carbocycles. The summed E-state index contributed by atoms with van der Waals surface area (Å²) in [6.07, 6.45) is 0. The quantitative estimate of drug-likeness (QED) is 0.333. The molecule has 0 radical (unpaired) electrons. The SMILES string of the molecule is C[CH2][Ge]1([C](C)(C)C)[C]([Si](C)(C)C)=C([Si](C)(C)C)C([Si](C)(C)C)=[C]1[Si](C)(C)C. The molecule has 0 aromatic heterocycles. The van der Waals surface area contributed by atoms with Gasteiger partial charge in [-0.3, -0.25) is 0 Å². The van der Waals surface area contributed by atoms with Crippen LogP contribution in [0.15, 0.2) is 18.5 Å². The van der Waals surface area contributed by atoms with Crippen molar-refractivity contribution in [3.63, 3.8) is 0 Å². The molecule has 0 atom stereocenters. The van der Waals surface area contributed by atoms with E-state index in [1.165, 1.54) is 5.25 Å². The average Bonchev–Trinajstić information content (AvgIpc) is 2.68. The standard InChI is InChI=1S/C22H50GeSi4/c1-17-23(22(2,3)4)20(26(11,12)13)18(24(5,6)7)19(25(8,9)10)21(23)27(14,15)16/h17H2,1-16H3. The van der Waals surface area contributed by atoms with Gasteiger partial charge in [-0.15, -0.1) is 0 Å². The molecule has 1 heterocycles. The van der Waals surface area contributed by atoms with Gasteiger partial charge in [0, 0.05) is 0 Å². The Kier molecular flexibility index (Phi) is 6.95. The number of hydrogen-bond donors (Lipinski definition) is 0. The molecule has 27 heavy (non-hydrogen) atoms. The molecule has 1 aliphatic rings. The van der Waals surface area contributed by atoms with Crippen molar-refractivity contribution in [3.8, 4) is 0 Å². The van der Waals surface area contributed by atoms with E-state index in [2.05, 4.69) is 114 Å². The third-order valence-corrected chi connectivity index (χ3v) is 41.8. The first-order valence-corrected chi connectivity index (χ1v) is 29.7. The predicted molar refractivity (Wildman–Crippen MR) is 143 cm³/mol. The fourth-order valence-electron chi connectivity index (χ4n) is 5.97. The van der Waals surface area contributed by atoms with E-state index >= 15 is 0 Å². The molecule has 5 heteroatoms. The molecule has 0 saturated heterocycles. The van der Waals surface area contributed by atoms with E-state index in [0.29, 0.717) is 4.25 Å². The van der Waals surface area contributed by atoms with Gasteiger partial charge in [0.15, 0.2) is 0 Å². The second kappa shape index (κ2) is 7.24. The maximum absolute atomic E-state index is 2.68. The van der Waals surface area contributed by atoms with E-state index in [0.717, 1.165) is 0 Å². The van der Waals surface area contributed by atoms with Crippen LogP contribution in [0, 0.1) is 0 Å². The third-order valence-electron chi connectivity index (χ3n) is 6.41. The van der Waals surface area contributed by atoms with Gasteiger partial charge in [-0.2, -0.15) is 0 Å². The third kappa shape index (κ3) is 4.49. The summed E-state index contributed by atoms with van der Waals surface area (Å²) in [4.78, 5) is 0. The number of hydrogen-bond acceptors (Lipinski definition) is 0. The number of allylic oxidation sites excluding steroid dienone is 2. The minimum absolute atomic E-state index is 0.465. The first-order chi connectivity index (χ1) is 11.5. The minimum atomic E-state index is -2.44. The Hall–Kier alpha value is 0.890.